The maximum atomic E-state index is 11.6. The van der Waals surface area contributed by atoms with Crippen LogP contribution >= 0.6 is 0 Å². The third kappa shape index (κ3) is 2.97. The fraction of sp³-hybridized carbons (Fsp3) is 0.417. The van der Waals surface area contributed by atoms with Crippen molar-refractivity contribution in [1.82, 2.24) is 10.6 Å². The van der Waals surface area contributed by atoms with Crippen molar-refractivity contribution in [2.24, 2.45) is 0 Å². The highest BCUT2D eigenvalue weighted by Gasteiger charge is 2.19. The number of hydrogen-bond acceptors (Lipinski definition) is 3. The average molecular weight is 220 g/mol. The highest BCUT2D eigenvalue weighted by atomic mass is 16.3. The molecule has 1 fully saturated rings. The molecule has 0 radical (unpaired) electrons. The van der Waals surface area contributed by atoms with Crippen molar-refractivity contribution in [3.63, 3.8) is 0 Å². The van der Waals surface area contributed by atoms with Crippen molar-refractivity contribution in [3.05, 3.63) is 29.8 Å². The van der Waals surface area contributed by atoms with Gasteiger partial charge in [-0.05, 0) is 25.0 Å². The molecule has 0 atom stereocenters. The number of para-hydroxylation sites is 1. The minimum absolute atomic E-state index is 0.0233. The van der Waals surface area contributed by atoms with Crippen LogP contribution in [-0.2, 0) is 0 Å². The SMILES string of the molecule is O=C(NCCNC1CC1)c1ccccc1O. The monoisotopic (exact) mass is 220 g/mol. The summed E-state index contributed by atoms with van der Waals surface area (Å²) < 4.78 is 0. The van der Waals surface area contributed by atoms with Crippen molar-refractivity contribution in [2.75, 3.05) is 13.1 Å². The summed E-state index contributed by atoms with van der Waals surface area (Å²) in [5.74, 6) is -0.203. The van der Waals surface area contributed by atoms with E-state index in [9.17, 15) is 9.90 Å². The zero-order chi connectivity index (χ0) is 11.4. The number of hydrogen-bond donors (Lipinski definition) is 3. The van der Waals surface area contributed by atoms with E-state index in [-0.39, 0.29) is 11.7 Å². The number of phenols is 1. The summed E-state index contributed by atoms with van der Waals surface area (Å²) in [7, 11) is 0. The summed E-state index contributed by atoms with van der Waals surface area (Å²) in [6.45, 7) is 1.37. The second-order valence-corrected chi connectivity index (χ2v) is 4.00. The zero-order valence-electron chi connectivity index (χ0n) is 9.07. The van der Waals surface area contributed by atoms with Crippen LogP contribution in [0.1, 0.15) is 23.2 Å². The molecule has 16 heavy (non-hydrogen) atoms. The number of carbonyl (C=O) groups excluding carboxylic acids is 1. The van der Waals surface area contributed by atoms with E-state index >= 15 is 0 Å². The van der Waals surface area contributed by atoms with Gasteiger partial charge in [0, 0.05) is 19.1 Å². The van der Waals surface area contributed by atoms with Crippen LogP contribution in [0.25, 0.3) is 0 Å². The third-order valence-electron chi connectivity index (χ3n) is 2.57. The van der Waals surface area contributed by atoms with Crippen molar-refractivity contribution < 1.29 is 9.90 Å². The van der Waals surface area contributed by atoms with E-state index < -0.39 is 0 Å². The van der Waals surface area contributed by atoms with Gasteiger partial charge in [-0.15, -0.1) is 0 Å². The first-order valence-corrected chi connectivity index (χ1v) is 5.57. The molecule has 4 nitrogen and oxygen atoms in total. The molecule has 0 unspecified atom stereocenters. The first kappa shape index (κ1) is 11.0. The van der Waals surface area contributed by atoms with Crippen molar-refractivity contribution >= 4 is 5.91 Å². The van der Waals surface area contributed by atoms with Gasteiger partial charge in [0.05, 0.1) is 5.56 Å². The number of carbonyl (C=O) groups is 1. The van der Waals surface area contributed by atoms with Crippen LogP contribution in [0.15, 0.2) is 24.3 Å². The van der Waals surface area contributed by atoms with Crippen LogP contribution in [0.3, 0.4) is 0 Å². The Morgan fingerprint density at radius 1 is 1.31 bits per heavy atom. The zero-order valence-corrected chi connectivity index (χ0v) is 9.07. The van der Waals surface area contributed by atoms with Gasteiger partial charge in [0.15, 0.2) is 0 Å². The molecule has 0 aliphatic heterocycles. The Kier molecular flexibility index (Phi) is 3.41. The van der Waals surface area contributed by atoms with E-state index in [0.29, 0.717) is 18.2 Å². The van der Waals surface area contributed by atoms with E-state index in [1.165, 1.54) is 18.9 Å². The van der Waals surface area contributed by atoms with Gasteiger partial charge < -0.3 is 15.7 Å². The summed E-state index contributed by atoms with van der Waals surface area (Å²) in [6.07, 6.45) is 2.49. The first-order valence-electron chi connectivity index (χ1n) is 5.57. The van der Waals surface area contributed by atoms with Gasteiger partial charge in [0.1, 0.15) is 5.75 Å². The van der Waals surface area contributed by atoms with Crippen molar-refractivity contribution in [2.45, 2.75) is 18.9 Å². The predicted molar refractivity (Wildman–Crippen MR) is 61.5 cm³/mol. The minimum atomic E-state index is -0.226. The molecular formula is C12H16N2O2. The van der Waals surface area contributed by atoms with Gasteiger partial charge >= 0.3 is 0 Å². The molecule has 0 saturated heterocycles. The maximum absolute atomic E-state index is 11.6. The van der Waals surface area contributed by atoms with E-state index in [0.717, 1.165) is 6.54 Å². The molecule has 0 bridgehead atoms. The molecule has 1 aromatic rings. The summed E-state index contributed by atoms with van der Waals surface area (Å²) >= 11 is 0. The second kappa shape index (κ2) is 4.99. The van der Waals surface area contributed by atoms with Crippen molar-refractivity contribution in [1.29, 1.82) is 0 Å². The molecule has 0 spiro atoms. The van der Waals surface area contributed by atoms with Gasteiger partial charge in [0.25, 0.3) is 5.91 Å². The summed E-state index contributed by atoms with van der Waals surface area (Å²) in [5.41, 5.74) is 0.328. The molecule has 4 heteroatoms. The Morgan fingerprint density at radius 2 is 2.06 bits per heavy atom. The fourth-order valence-corrected chi connectivity index (χ4v) is 1.50. The number of rotatable bonds is 5. The lowest BCUT2D eigenvalue weighted by Crippen LogP contribution is -2.32. The van der Waals surface area contributed by atoms with Crippen LogP contribution in [0.5, 0.6) is 5.75 Å². The second-order valence-electron chi connectivity index (χ2n) is 4.00. The summed E-state index contributed by atoms with van der Waals surface area (Å²) in [6, 6.07) is 7.20. The first-order chi connectivity index (χ1) is 7.77. The number of phenolic OH excluding ortho intramolecular Hbond substituents is 1. The van der Waals surface area contributed by atoms with Crippen LogP contribution in [-0.4, -0.2) is 30.1 Å². The lowest BCUT2D eigenvalue weighted by Gasteiger charge is -2.07. The molecule has 1 aliphatic carbocycles. The molecule has 1 aromatic carbocycles. The standard InChI is InChI=1S/C12H16N2O2/c15-11-4-2-1-3-10(11)12(16)14-8-7-13-9-5-6-9/h1-4,9,13,15H,5-8H2,(H,14,16). The van der Waals surface area contributed by atoms with E-state index in [1.807, 2.05) is 0 Å². The van der Waals surface area contributed by atoms with Gasteiger partial charge in [-0.2, -0.15) is 0 Å². The molecule has 0 aromatic heterocycles. The quantitative estimate of drug-likeness (QED) is 0.645. The molecule has 1 saturated carbocycles. The fourth-order valence-electron chi connectivity index (χ4n) is 1.50. The molecule has 86 valence electrons. The normalized spacial score (nSPS) is 14.8. The van der Waals surface area contributed by atoms with E-state index in [1.54, 1.807) is 18.2 Å². The molecule has 3 N–H and O–H groups in total. The van der Waals surface area contributed by atoms with Gasteiger partial charge in [-0.3, -0.25) is 4.79 Å². The Labute approximate surface area is 94.7 Å². The lowest BCUT2D eigenvalue weighted by atomic mass is 10.2. The van der Waals surface area contributed by atoms with Crippen molar-refractivity contribution in [3.8, 4) is 5.75 Å². The Bertz CT molecular complexity index is 375. The highest BCUT2D eigenvalue weighted by Crippen LogP contribution is 2.18. The topological polar surface area (TPSA) is 61.4 Å². The molecule has 2 rings (SSSR count). The molecule has 1 aliphatic rings. The van der Waals surface area contributed by atoms with E-state index in [4.69, 9.17) is 0 Å². The number of benzene rings is 1. The minimum Gasteiger partial charge on any atom is -0.507 e. The largest absolute Gasteiger partial charge is 0.507 e. The average Bonchev–Trinajstić information content (AvgIpc) is 3.08. The Hall–Kier alpha value is -1.55. The third-order valence-corrected chi connectivity index (χ3v) is 2.57. The number of amides is 1. The summed E-state index contributed by atoms with van der Waals surface area (Å²) in [5, 5.41) is 15.5. The van der Waals surface area contributed by atoms with Crippen LogP contribution < -0.4 is 10.6 Å². The van der Waals surface area contributed by atoms with Crippen LogP contribution in [0, 0.1) is 0 Å². The summed E-state index contributed by atoms with van der Waals surface area (Å²) in [4.78, 5) is 11.6. The molecule has 1 amide bonds. The van der Waals surface area contributed by atoms with Crippen LogP contribution in [0.4, 0.5) is 0 Å². The smallest absolute Gasteiger partial charge is 0.255 e. The number of nitrogens with one attached hydrogen (secondary N) is 2. The molecule has 0 heterocycles. The number of aromatic hydroxyl groups is 1. The van der Waals surface area contributed by atoms with Crippen LogP contribution in [0.2, 0.25) is 0 Å². The van der Waals surface area contributed by atoms with Gasteiger partial charge in [-0.25, -0.2) is 0 Å². The molecular weight excluding hydrogens is 204 g/mol. The Balaban J connectivity index is 1.76. The van der Waals surface area contributed by atoms with Gasteiger partial charge in [0.2, 0.25) is 0 Å². The maximum Gasteiger partial charge on any atom is 0.255 e. The Morgan fingerprint density at radius 3 is 2.75 bits per heavy atom. The highest BCUT2D eigenvalue weighted by molar-refractivity contribution is 5.96. The van der Waals surface area contributed by atoms with E-state index in [2.05, 4.69) is 10.6 Å². The lowest BCUT2D eigenvalue weighted by molar-refractivity contribution is 0.0951. The predicted octanol–water partition coefficient (Wildman–Crippen LogP) is 0.874. The van der Waals surface area contributed by atoms with Gasteiger partial charge in [-0.1, -0.05) is 12.1 Å².